The maximum atomic E-state index is 13.0. The summed E-state index contributed by atoms with van der Waals surface area (Å²) < 4.78 is 5.55. The van der Waals surface area contributed by atoms with Crippen molar-refractivity contribution in [3.63, 3.8) is 0 Å². The van der Waals surface area contributed by atoms with Crippen molar-refractivity contribution < 1.29 is 19.2 Å². The third kappa shape index (κ3) is 4.67. The van der Waals surface area contributed by atoms with E-state index in [9.17, 15) is 19.7 Å². The van der Waals surface area contributed by atoms with Crippen molar-refractivity contribution in [2.75, 3.05) is 18.0 Å². The Labute approximate surface area is 164 Å². The molecule has 0 aromatic heterocycles. The van der Waals surface area contributed by atoms with Gasteiger partial charge in [0, 0.05) is 23.6 Å². The van der Waals surface area contributed by atoms with Crippen LogP contribution in [0.15, 0.2) is 18.2 Å². The van der Waals surface area contributed by atoms with Crippen LogP contribution in [0, 0.1) is 16.0 Å². The Hall–Kier alpha value is -2.48. The van der Waals surface area contributed by atoms with Gasteiger partial charge in [0.15, 0.2) is 5.78 Å². The number of hydrogen-bond acceptors (Lipinski definition) is 6. The van der Waals surface area contributed by atoms with E-state index in [0.29, 0.717) is 18.4 Å². The van der Waals surface area contributed by atoms with Crippen LogP contribution in [0.25, 0.3) is 0 Å². The van der Waals surface area contributed by atoms with Crippen LogP contribution in [0.4, 0.5) is 16.2 Å². The predicted molar refractivity (Wildman–Crippen MR) is 105 cm³/mol. The molecule has 152 valence electrons. The fourth-order valence-electron chi connectivity index (χ4n) is 3.43. The average Bonchev–Trinajstić information content (AvgIpc) is 3.46. The maximum Gasteiger partial charge on any atom is 0.415 e. The second kappa shape index (κ2) is 7.87. The number of ether oxygens (including phenoxy) is 1. The molecule has 1 saturated carbocycles. The Morgan fingerprint density at radius 3 is 2.36 bits per heavy atom. The fourth-order valence-corrected chi connectivity index (χ4v) is 3.43. The quantitative estimate of drug-likeness (QED) is 0.468. The molecule has 8 nitrogen and oxygen atoms in total. The van der Waals surface area contributed by atoms with Gasteiger partial charge in [-0.15, -0.1) is 0 Å². The summed E-state index contributed by atoms with van der Waals surface area (Å²) in [5, 5.41) is 15.0. The summed E-state index contributed by atoms with van der Waals surface area (Å²) in [5.41, 5.74) is -0.458. The lowest BCUT2D eigenvalue weighted by Crippen LogP contribution is -2.48. The van der Waals surface area contributed by atoms with Gasteiger partial charge in [0.25, 0.3) is 5.69 Å². The lowest BCUT2D eigenvalue weighted by molar-refractivity contribution is -0.384. The van der Waals surface area contributed by atoms with Crippen LogP contribution in [0.5, 0.6) is 0 Å². The molecule has 8 heteroatoms. The van der Waals surface area contributed by atoms with E-state index >= 15 is 0 Å². The summed E-state index contributed by atoms with van der Waals surface area (Å²) in [4.78, 5) is 38.0. The molecule has 1 saturated heterocycles. The number of nitro benzene ring substituents is 1. The molecule has 1 aromatic rings. The Morgan fingerprint density at radius 1 is 1.18 bits per heavy atom. The minimum absolute atomic E-state index is 0.0307. The molecule has 1 aliphatic carbocycles. The number of piperidine rings is 1. The number of ketones is 1. The van der Waals surface area contributed by atoms with Crippen LogP contribution in [0.2, 0.25) is 0 Å². The van der Waals surface area contributed by atoms with Crippen molar-refractivity contribution in [3.8, 4) is 0 Å². The van der Waals surface area contributed by atoms with Gasteiger partial charge in [0.1, 0.15) is 11.3 Å². The molecule has 0 unspecified atom stereocenters. The van der Waals surface area contributed by atoms with Crippen LogP contribution in [-0.2, 0) is 4.74 Å². The standard InChI is InChI=1S/C20H27N3O5/c1-20(2,3)28-19(25)22(15-8-10-21-11-9-15)16-7-6-14(12-17(16)23(26)27)18(24)13-4-5-13/h6-7,12-13,15,21H,4-5,8-11H2,1-3H3. The molecule has 1 aromatic carbocycles. The molecular weight excluding hydrogens is 362 g/mol. The molecule has 2 fully saturated rings. The summed E-state index contributed by atoms with van der Waals surface area (Å²) in [6.07, 6.45) is 2.38. The third-order valence-corrected chi connectivity index (χ3v) is 4.93. The minimum atomic E-state index is -0.723. The number of rotatable bonds is 5. The van der Waals surface area contributed by atoms with Crippen molar-refractivity contribution in [2.24, 2.45) is 5.92 Å². The van der Waals surface area contributed by atoms with Crippen LogP contribution in [0.1, 0.15) is 56.8 Å². The molecular formula is C20H27N3O5. The van der Waals surface area contributed by atoms with E-state index in [2.05, 4.69) is 5.32 Å². The molecule has 1 heterocycles. The zero-order valence-corrected chi connectivity index (χ0v) is 16.6. The summed E-state index contributed by atoms with van der Waals surface area (Å²) in [6.45, 7) is 6.72. The number of Topliss-reactive ketones (excluding diaryl/α,β-unsaturated/α-hetero) is 1. The number of carbonyl (C=O) groups excluding carboxylic acids is 2. The van der Waals surface area contributed by atoms with E-state index in [1.54, 1.807) is 26.8 Å². The molecule has 1 aliphatic heterocycles. The van der Waals surface area contributed by atoms with E-state index in [0.717, 1.165) is 25.9 Å². The summed E-state index contributed by atoms with van der Waals surface area (Å²) in [7, 11) is 0. The van der Waals surface area contributed by atoms with Gasteiger partial charge in [-0.3, -0.25) is 19.8 Å². The number of nitrogens with zero attached hydrogens (tertiary/aromatic N) is 2. The molecule has 3 rings (SSSR count). The highest BCUT2D eigenvalue weighted by molar-refractivity contribution is 6.01. The Bertz CT molecular complexity index is 777. The zero-order valence-electron chi connectivity index (χ0n) is 16.6. The largest absolute Gasteiger partial charge is 0.443 e. The van der Waals surface area contributed by atoms with Gasteiger partial charge in [-0.1, -0.05) is 0 Å². The summed E-state index contributed by atoms with van der Waals surface area (Å²) >= 11 is 0. The molecule has 1 N–H and O–H groups in total. The number of benzene rings is 1. The lowest BCUT2D eigenvalue weighted by Gasteiger charge is -2.35. The molecule has 1 amide bonds. The van der Waals surface area contributed by atoms with Gasteiger partial charge in [-0.2, -0.15) is 0 Å². The van der Waals surface area contributed by atoms with Gasteiger partial charge < -0.3 is 10.1 Å². The number of nitrogens with one attached hydrogen (secondary N) is 1. The van der Waals surface area contributed by atoms with E-state index in [1.165, 1.54) is 17.0 Å². The molecule has 0 atom stereocenters. The van der Waals surface area contributed by atoms with Gasteiger partial charge >= 0.3 is 6.09 Å². The zero-order chi connectivity index (χ0) is 20.5. The van der Waals surface area contributed by atoms with Crippen molar-refractivity contribution in [3.05, 3.63) is 33.9 Å². The first-order valence-electron chi connectivity index (χ1n) is 9.73. The van der Waals surface area contributed by atoms with Gasteiger partial charge in [0.05, 0.1) is 4.92 Å². The maximum absolute atomic E-state index is 13.0. The number of nitro groups is 1. The second-order valence-electron chi connectivity index (χ2n) is 8.43. The van der Waals surface area contributed by atoms with E-state index in [1.807, 2.05) is 0 Å². The first kappa shape index (κ1) is 20.3. The van der Waals surface area contributed by atoms with Crippen LogP contribution in [-0.4, -0.2) is 41.5 Å². The van der Waals surface area contributed by atoms with Crippen LogP contribution >= 0.6 is 0 Å². The highest BCUT2D eigenvalue weighted by Gasteiger charge is 2.36. The SMILES string of the molecule is CC(C)(C)OC(=O)N(c1ccc(C(=O)C2CC2)cc1[N+](=O)[O-])C1CCNCC1. The van der Waals surface area contributed by atoms with Gasteiger partial charge in [-0.05, 0) is 71.7 Å². The molecule has 0 spiro atoms. The molecule has 2 aliphatic rings. The smallest absolute Gasteiger partial charge is 0.415 e. The number of hydrogen-bond donors (Lipinski definition) is 1. The lowest BCUT2D eigenvalue weighted by atomic mass is 10.0. The van der Waals surface area contributed by atoms with Gasteiger partial charge in [-0.25, -0.2) is 4.79 Å². The van der Waals surface area contributed by atoms with E-state index in [4.69, 9.17) is 4.74 Å². The average molecular weight is 389 g/mol. The van der Waals surface area contributed by atoms with E-state index < -0.39 is 16.6 Å². The van der Waals surface area contributed by atoms with Crippen LogP contribution in [0.3, 0.4) is 0 Å². The molecule has 0 radical (unpaired) electrons. The Morgan fingerprint density at radius 2 is 1.82 bits per heavy atom. The fraction of sp³-hybridized carbons (Fsp3) is 0.600. The molecule has 0 bridgehead atoms. The molecule has 28 heavy (non-hydrogen) atoms. The monoisotopic (exact) mass is 389 g/mol. The number of anilines is 1. The van der Waals surface area contributed by atoms with Crippen molar-refractivity contribution >= 4 is 23.3 Å². The summed E-state index contributed by atoms with van der Waals surface area (Å²) in [5.74, 6) is -0.0998. The highest BCUT2D eigenvalue weighted by Crippen LogP contribution is 2.37. The van der Waals surface area contributed by atoms with Gasteiger partial charge in [0.2, 0.25) is 0 Å². The Kier molecular flexibility index (Phi) is 5.69. The van der Waals surface area contributed by atoms with Crippen molar-refractivity contribution in [1.29, 1.82) is 0 Å². The topological polar surface area (TPSA) is 102 Å². The second-order valence-corrected chi connectivity index (χ2v) is 8.43. The Balaban J connectivity index is 2.00. The normalized spacial score (nSPS) is 17.8. The first-order chi connectivity index (χ1) is 13.2. The minimum Gasteiger partial charge on any atom is -0.443 e. The predicted octanol–water partition coefficient (Wildman–Crippen LogP) is 3.68. The summed E-state index contributed by atoms with van der Waals surface area (Å²) in [6, 6.07) is 4.19. The third-order valence-electron chi connectivity index (χ3n) is 4.93. The number of amides is 1. The van der Waals surface area contributed by atoms with Crippen molar-refractivity contribution in [2.45, 2.75) is 58.1 Å². The highest BCUT2D eigenvalue weighted by atomic mass is 16.6. The van der Waals surface area contributed by atoms with Crippen molar-refractivity contribution in [1.82, 2.24) is 5.32 Å². The van der Waals surface area contributed by atoms with E-state index in [-0.39, 0.29) is 29.1 Å². The first-order valence-corrected chi connectivity index (χ1v) is 9.73. The number of carbonyl (C=O) groups is 2. The van der Waals surface area contributed by atoms with Crippen LogP contribution < -0.4 is 10.2 Å².